The standard InChI is InChI=1S/C23H28Cl2N2O2S/c1-4-16(2)26-23(29)17(3)27(13-18-9-6-5-7-10-18)22(28)15-30-14-19-20(24)11-8-12-21(19)25/h5-12,16-17H,4,13-15H2,1-3H3,(H,26,29)/t16-,17+/m0/s1. The number of halogens is 2. The maximum Gasteiger partial charge on any atom is 0.242 e. The summed E-state index contributed by atoms with van der Waals surface area (Å²) in [5.74, 6) is 0.512. The van der Waals surface area contributed by atoms with Gasteiger partial charge in [-0.2, -0.15) is 0 Å². The van der Waals surface area contributed by atoms with Crippen molar-refractivity contribution in [1.82, 2.24) is 10.2 Å². The molecule has 0 unspecified atom stereocenters. The number of benzene rings is 2. The van der Waals surface area contributed by atoms with E-state index in [9.17, 15) is 9.59 Å². The average molecular weight is 467 g/mol. The number of amides is 2. The first-order valence-electron chi connectivity index (χ1n) is 9.97. The summed E-state index contributed by atoms with van der Waals surface area (Å²) in [6.07, 6.45) is 0.833. The van der Waals surface area contributed by atoms with Crippen LogP contribution < -0.4 is 5.32 Å². The van der Waals surface area contributed by atoms with Gasteiger partial charge in [0.05, 0.1) is 5.75 Å². The number of hydrogen-bond acceptors (Lipinski definition) is 3. The highest BCUT2D eigenvalue weighted by Gasteiger charge is 2.26. The van der Waals surface area contributed by atoms with Gasteiger partial charge in [0.15, 0.2) is 0 Å². The van der Waals surface area contributed by atoms with E-state index in [1.165, 1.54) is 11.8 Å². The SMILES string of the molecule is CC[C@H](C)NC(=O)[C@@H](C)N(Cc1ccccc1)C(=O)CSCc1c(Cl)cccc1Cl. The molecular formula is C23H28Cl2N2O2S. The molecule has 0 radical (unpaired) electrons. The van der Waals surface area contributed by atoms with Gasteiger partial charge in [-0.05, 0) is 43.5 Å². The van der Waals surface area contributed by atoms with Crippen molar-refractivity contribution in [2.45, 2.75) is 51.6 Å². The zero-order valence-electron chi connectivity index (χ0n) is 17.5. The Labute approximate surface area is 193 Å². The van der Waals surface area contributed by atoms with Crippen LogP contribution in [0.15, 0.2) is 48.5 Å². The van der Waals surface area contributed by atoms with Gasteiger partial charge in [0.25, 0.3) is 0 Å². The van der Waals surface area contributed by atoms with Gasteiger partial charge in [-0.25, -0.2) is 0 Å². The van der Waals surface area contributed by atoms with Crippen molar-refractivity contribution in [3.8, 4) is 0 Å². The largest absolute Gasteiger partial charge is 0.352 e. The van der Waals surface area contributed by atoms with Crippen LogP contribution in [0.25, 0.3) is 0 Å². The molecule has 0 spiro atoms. The predicted octanol–water partition coefficient (Wildman–Crippen LogP) is 5.56. The summed E-state index contributed by atoms with van der Waals surface area (Å²) in [6.45, 7) is 6.12. The minimum atomic E-state index is -0.573. The smallest absolute Gasteiger partial charge is 0.242 e. The quantitative estimate of drug-likeness (QED) is 0.498. The van der Waals surface area contributed by atoms with Gasteiger partial charge in [0.1, 0.15) is 6.04 Å². The average Bonchev–Trinajstić information content (AvgIpc) is 2.74. The lowest BCUT2D eigenvalue weighted by Gasteiger charge is -2.29. The molecule has 0 saturated heterocycles. The fraction of sp³-hybridized carbons (Fsp3) is 0.391. The lowest BCUT2D eigenvalue weighted by molar-refractivity contribution is -0.138. The minimum Gasteiger partial charge on any atom is -0.352 e. The van der Waals surface area contributed by atoms with Crippen LogP contribution in [0.3, 0.4) is 0 Å². The van der Waals surface area contributed by atoms with E-state index >= 15 is 0 Å². The third-order valence-electron chi connectivity index (χ3n) is 4.90. The molecule has 2 atom stereocenters. The van der Waals surface area contributed by atoms with Crippen molar-refractivity contribution >= 4 is 46.8 Å². The Morgan fingerprint density at radius 2 is 1.67 bits per heavy atom. The van der Waals surface area contributed by atoms with Crippen LogP contribution in [0.4, 0.5) is 0 Å². The van der Waals surface area contributed by atoms with E-state index in [1.807, 2.05) is 44.2 Å². The van der Waals surface area contributed by atoms with E-state index in [0.29, 0.717) is 22.3 Å². The number of rotatable bonds is 10. The summed E-state index contributed by atoms with van der Waals surface area (Å²) >= 11 is 13.9. The second kappa shape index (κ2) is 12.2. The Morgan fingerprint density at radius 1 is 1.03 bits per heavy atom. The van der Waals surface area contributed by atoms with Crippen molar-refractivity contribution in [3.63, 3.8) is 0 Å². The number of carbonyl (C=O) groups is 2. The maximum absolute atomic E-state index is 13.1. The number of carbonyl (C=O) groups excluding carboxylic acids is 2. The van der Waals surface area contributed by atoms with Crippen LogP contribution in [0.1, 0.15) is 38.3 Å². The summed E-state index contributed by atoms with van der Waals surface area (Å²) in [5.41, 5.74) is 1.80. The summed E-state index contributed by atoms with van der Waals surface area (Å²) in [5, 5.41) is 4.15. The van der Waals surface area contributed by atoms with Gasteiger partial charge in [-0.1, -0.05) is 66.5 Å². The van der Waals surface area contributed by atoms with E-state index in [1.54, 1.807) is 30.0 Å². The molecule has 7 heteroatoms. The predicted molar refractivity (Wildman–Crippen MR) is 127 cm³/mol. The van der Waals surface area contributed by atoms with Crippen LogP contribution in [0.2, 0.25) is 10.0 Å². The molecule has 0 heterocycles. The van der Waals surface area contributed by atoms with Crippen LogP contribution >= 0.6 is 35.0 Å². The third-order valence-corrected chi connectivity index (χ3v) is 6.55. The molecule has 2 aromatic rings. The van der Waals surface area contributed by atoms with Crippen molar-refractivity contribution in [2.75, 3.05) is 5.75 Å². The van der Waals surface area contributed by atoms with Gasteiger partial charge < -0.3 is 10.2 Å². The molecule has 0 aliphatic carbocycles. The fourth-order valence-electron chi connectivity index (χ4n) is 2.82. The number of nitrogens with zero attached hydrogens (tertiary/aromatic N) is 1. The molecule has 2 amide bonds. The summed E-state index contributed by atoms with van der Waals surface area (Å²) in [4.78, 5) is 27.4. The molecule has 2 rings (SSSR count). The van der Waals surface area contributed by atoms with E-state index in [4.69, 9.17) is 23.2 Å². The highest BCUT2D eigenvalue weighted by molar-refractivity contribution is 7.99. The lowest BCUT2D eigenvalue weighted by Crippen LogP contribution is -2.50. The number of hydrogen-bond donors (Lipinski definition) is 1. The van der Waals surface area contributed by atoms with Crippen LogP contribution in [-0.4, -0.2) is 34.6 Å². The van der Waals surface area contributed by atoms with Gasteiger partial charge in [-0.15, -0.1) is 11.8 Å². The van der Waals surface area contributed by atoms with Crippen molar-refractivity contribution in [2.24, 2.45) is 0 Å². The topological polar surface area (TPSA) is 49.4 Å². The second-order valence-electron chi connectivity index (χ2n) is 7.19. The highest BCUT2D eigenvalue weighted by Crippen LogP contribution is 2.28. The van der Waals surface area contributed by atoms with Crippen molar-refractivity contribution in [1.29, 1.82) is 0 Å². The molecule has 4 nitrogen and oxygen atoms in total. The lowest BCUT2D eigenvalue weighted by atomic mass is 10.1. The van der Waals surface area contributed by atoms with E-state index in [-0.39, 0.29) is 23.6 Å². The van der Waals surface area contributed by atoms with Crippen LogP contribution in [0, 0.1) is 0 Å². The number of thioether (sulfide) groups is 1. The Bertz CT molecular complexity index is 828. The molecule has 30 heavy (non-hydrogen) atoms. The van der Waals surface area contributed by atoms with Gasteiger partial charge in [0, 0.05) is 28.4 Å². The molecule has 0 aliphatic rings. The molecule has 0 saturated carbocycles. The Balaban J connectivity index is 2.08. The van der Waals surface area contributed by atoms with E-state index < -0.39 is 6.04 Å². The summed E-state index contributed by atoms with van der Waals surface area (Å²) in [6, 6.07) is 14.5. The Kier molecular flexibility index (Phi) is 10.0. The first-order chi connectivity index (χ1) is 14.3. The van der Waals surface area contributed by atoms with Gasteiger partial charge in [-0.3, -0.25) is 9.59 Å². The molecule has 2 aromatic carbocycles. The fourth-order valence-corrected chi connectivity index (χ4v) is 4.47. The minimum absolute atomic E-state index is 0.0605. The molecule has 0 aliphatic heterocycles. The molecule has 162 valence electrons. The zero-order valence-corrected chi connectivity index (χ0v) is 19.9. The summed E-state index contributed by atoms with van der Waals surface area (Å²) in [7, 11) is 0. The van der Waals surface area contributed by atoms with Gasteiger partial charge >= 0.3 is 0 Å². The maximum atomic E-state index is 13.1. The monoisotopic (exact) mass is 466 g/mol. The van der Waals surface area contributed by atoms with Crippen molar-refractivity contribution in [3.05, 3.63) is 69.7 Å². The summed E-state index contributed by atoms with van der Waals surface area (Å²) < 4.78 is 0. The first kappa shape index (κ1) is 24.6. The zero-order chi connectivity index (χ0) is 22.1. The second-order valence-corrected chi connectivity index (χ2v) is 8.99. The highest BCUT2D eigenvalue weighted by atomic mass is 35.5. The molecular weight excluding hydrogens is 439 g/mol. The van der Waals surface area contributed by atoms with Crippen molar-refractivity contribution < 1.29 is 9.59 Å². The van der Waals surface area contributed by atoms with Gasteiger partial charge in [0.2, 0.25) is 11.8 Å². The Morgan fingerprint density at radius 3 is 2.27 bits per heavy atom. The van der Waals surface area contributed by atoms with E-state index in [0.717, 1.165) is 17.5 Å². The molecule has 0 bridgehead atoms. The first-order valence-corrected chi connectivity index (χ1v) is 11.9. The van der Waals surface area contributed by atoms with E-state index in [2.05, 4.69) is 5.32 Å². The normalized spacial score (nSPS) is 12.8. The van der Waals surface area contributed by atoms with Crippen LogP contribution in [0.5, 0.6) is 0 Å². The molecule has 0 aromatic heterocycles. The molecule has 1 N–H and O–H groups in total. The Hall–Kier alpha value is -1.69. The van der Waals surface area contributed by atoms with Crippen LogP contribution in [-0.2, 0) is 21.9 Å². The third kappa shape index (κ3) is 7.22. The molecule has 0 fully saturated rings. The number of nitrogens with one attached hydrogen (secondary N) is 1.